The molecular weight excluding hydrogens is 522 g/mol. The molecule has 4 aromatic heterocycles. The molecule has 38 heavy (non-hydrogen) atoms. The van der Waals surface area contributed by atoms with Gasteiger partial charge in [0.2, 0.25) is 0 Å². The van der Waals surface area contributed by atoms with Gasteiger partial charge >= 0.3 is 5.69 Å². The second kappa shape index (κ2) is 9.51. The SMILES string of the molecule is Cn1ncc(=O)n(Cc2cc3nccc(-c4cc(Cl)cc5ccn(CC6(C#N)CCNCC6)c45)c3s2)c1=O. The van der Waals surface area contributed by atoms with Crippen LogP contribution in [0.2, 0.25) is 5.02 Å². The summed E-state index contributed by atoms with van der Waals surface area (Å²) in [6, 6.07) is 12.4. The van der Waals surface area contributed by atoms with Crippen molar-refractivity contribution in [3.63, 3.8) is 0 Å². The number of hydrogen-bond acceptors (Lipinski definition) is 7. The van der Waals surface area contributed by atoms with E-state index in [0.29, 0.717) is 11.6 Å². The van der Waals surface area contributed by atoms with Crippen molar-refractivity contribution >= 4 is 44.1 Å². The monoisotopic (exact) mass is 545 g/mol. The van der Waals surface area contributed by atoms with Gasteiger partial charge in [-0.3, -0.25) is 14.3 Å². The van der Waals surface area contributed by atoms with E-state index in [1.165, 1.54) is 23.0 Å². The molecule has 0 unspecified atom stereocenters. The smallest absolute Gasteiger partial charge is 0.345 e. The summed E-state index contributed by atoms with van der Waals surface area (Å²) in [5, 5.41) is 18.9. The van der Waals surface area contributed by atoms with Crippen LogP contribution in [-0.2, 0) is 20.1 Å². The van der Waals surface area contributed by atoms with Crippen molar-refractivity contribution in [2.45, 2.75) is 25.9 Å². The highest BCUT2D eigenvalue weighted by Gasteiger charge is 2.33. The van der Waals surface area contributed by atoms with E-state index in [4.69, 9.17) is 11.6 Å². The number of nitrogens with one attached hydrogen (secondary N) is 1. The van der Waals surface area contributed by atoms with Crippen LogP contribution < -0.4 is 16.6 Å². The van der Waals surface area contributed by atoms with Crippen molar-refractivity contribution in [2.75, 3.05) is 13.1 Å². The van der Waals surface area contributed by atoms with Gasteiger partial charge in [0.15, 0.2) is 0 Å². The van der Waals surface area contributed by atoms with Crippen molar-refractivity contribution in [1.82, 2.24) is 29.2 Å². The van der Waals surface area contributed by atoms with E-state index in [0.717, 1.165) is 73.9 Å². The van der Waals surface area contributed by atoms with E-state index in [2.05, 4.69) is 26.0 Å². The van der Waals surface area contributed by atoms with Gasteiger partial charge in [-0.1, -0.05) is 11.6 Å². The van der Waals surface area contributed by atoms with Crippen LogP contribution >= 0.6 is 22.9 Å². The first-order valence-electron chi connectivity index (χ1n) is 12.3. The highest BCUT2D eigenvalue weighted by molar-refractivity contribution is 7.19. The molecule has 0 spiro atoms. The van der Waals surface area contributed by atoms with Crippen LogP contribution in [0.4, 0.5) is 0 Å². The van der Waals surface area contributed by atoms with Gasteiger partial charge in [-0.05, 0) is 56.3 Å². The lowest BCUT2D eigenvalue weighted by Gasteiger charge is -2.32. The molecule has 0 atom stereocenters. The van der Waals surface area contributed by atoms with Crippen LogP contribution in [0.1, 0.15) is 17.7 Å². The van der Waals surface area contributed by atoms with E-state index in [-0.39, 0.29) is 6.54 Å². The number of benzene rings is 1. The predicted octanol–water partition coefficient (Wildman–Crippen LogP) is 3.77. The molecule has 5 heterocycles. The van der Waals surface area contributed by atoms with Gasteiger partial charge in [-0.2, -0.15) is 10.4 Å². The van der Waals surface area contributed by atoms with Gasteiger partial charge in [0, 0.05) is 52.4 Å². The molecule has 1 aliphatic heterocycles. The number of rotatable bonds is 5. The number of aromatic nitrogens is 5. The quantitative estimate of drug-likeness (QED) is 0.360. The van der Waals surface area contributed by atoms with Crippen molar-refractivity contribution in [3.05, 3.63) is 79.7 Å². The lowest BCUT2D eigenvalue weighted by atomic mass is 9.80. The Hall–Kier alpha value is -3.78. The molecule has 11 heteroatoms. The van der Waals surface area contributed by atoms with Crippen LogP contribution in [0.3, 0.4) is 0 Å². The molecule has 1 aromatic carbocycles. The molecule has 0 bridgehead atoms. The molecule has 6 rings (SSSR count). The van der Waals surface area contributed by atoms with Gasteiger partial charge in [-0.15, -0.1) is 11.3 Å². The lowest BCUT2D eigenvalue weighted by molar-refractivity contribution is 0.247. The Bertz CT molecular complexity index is 1850. The first-order valence-corrected chi connectivity index (χ1v) is 13.5. The summed E-state index contributed by atoms with van der Waals surface area (Å²) in [4.78, 5) is 30.2. The van der Waals surface area contributed by atoms with Gasteiger partial charge in [0.25, 0.3) is 5.56 Å². The van der Waals surface area contributed by atoms with Crippen LogP contribution in [-0.4, -0.2) is 37.0 Å². The Kier molecular flexibility index (Phi) is 6.14. The summed E-state index contributed by atoms with van der Waals surface area (Å²) in [7, 11) is 1.52. The fourth-order valence-corrected chi connectivity index (χ4v) is 6.65. The minimum absolute atomic E-state index is 0.133. The molecular formula is C27H24ClN7O2S. The van der Waals surface area contributed by atoms with E-state index >= 15 is 0 Å². The number of nitrogens with zero attached hydrogens (tertiary/aromatic N) is 6. The van der Waals surface area contributed by atoms with Gasteiger partial charge in [-0.25, -0.2) is 9.48 Å². The maximum Gasteiger partial charge on any atom is 0.347 e. The zero-order valence-electron chi connectivity index (χ0n) is 20.6. The molecule has 0 saturated carbocycles. The molecule has 1 fully saturated rings. The maximum absolute atomic E-state index is 12.5. The van der Waals surface area contributed by atoms with E-state index in [1.54, 1.807) is 6.20 Å². The standard InChI is InChI=1S/C27H24ClN7O2S/c1-33-26(37)35(23(36)13-32-33)14-19-12-22-25(38-19)20(2-6-31-22)21-11-18(28)10-17-3-9-34(24(17)21)16-27(15-29)4-7-30-8-5-27/h2-3,6,9-13,30H,4-5,7-8,14,16H2,1H3. The molecule has 192 valence electrons. The molecule has 0 aliphatic carbocycles. The number of aryl methyl sites for hydroxylation is 1. The number of thiophene rings is 1. The van der Waals surface area contributed by atoms with Crippen molar-refractivity contribution < 1.29 is 0 Å². The van der Waals surface area contributed by atoms with Crippen LogP contribution in [0, 0.1) is 16.7 Å². The Balaban J connectivity index is 1.48. The summed E-state index contributed by atoms with van der Waals surface area (Å²) in [5.41, 5.74) is 2.37. The number of hydrogen-bond donors (Lipinski definition) is 1. The Morgan fingerprint density at radius 1 is 1.18 bits per heavy atom. The third-order valence-electron chi connectivity index (χ3n) is 7.28. The highest BCUT2D eigenvalue weighted by atomic mass is 35.5. The molecule has 1 N–H and O–H groups in total. The summed E-state index contributed by atoms with van der Waals surface area (Å²) in [6.07, 6.45) is 6.54. The van der Waals surface area contributed by atoms with Gasteiger partial charge < -0.3 is 9.88 Å². The summed E-state index contributed by atoms with van der Waals surface area (Å²) in [6.45, 7) is 2.40. The van der Waals surface area contributed by atoms with E-state index < -0.39 is 16.7 Å². The summed E-state index contributed by atoms with van der Waals surface area (Å²) in [5.74, 6) is 0. The summed E-state index contributed by atoms with van der Waals surface area (Å²) < 4.78 is 5.43. The van der Waals surface area contributed by atoms with Crippen molar-refractivity contribution in [2.24, 2.45) is 12.5 Å². The minimum atomic E-state index is -0.471. The van der Waals surface area contributed by atoms with Gasteiger partial charge in [0.1, 0.15) is 6.20 Å². The largest absolute Gasteiger partial charge is 0.347 e. The third-order valence-corrected chi connectivity index (χ3v) is 8.64. The highest BCUT2D eigenvalue weighted by Crippen LogP contribution is 2.40. The zero-order valence-corrected chi connectivity index (χ0v) is 22.2. The molecule has 1 saturated heterocycles. The zero-order chi connectivity index (χ0) is 26.4. The number of pyridine rings is 1. The van der Waals surface area contributed by atoms with Crippen molar-refractivity contribution in [3.8, 4) is 17.2 Å². The van der Waals surface area contributed by atoms with Crippen molar-refractivity contribution in [1.29, 1.82) is 5.26 Å². The number of fused-ring (bicyclic) bond motifs is 2. The fourth-order valence-electron chi connectivity index (χ4n) is 5.29. The molecule has 0 amide bonds. The van der Waals surface area contributed by atoms with E-state index in [1.807, 2.05) is 36.5 Å². The Morgan fingerprint density at radius 3 is 2.79 bits per heavy atom. The molecule has 5 aromatic rings. The number of halogens is 1. The fraction of sp³-hybridized carbons (Fsp3) is 0.296. The van der Waals surface area contributed by atoms with E-state index in [9.17, 15) is 14.9 Å². The molecule has 0 radical (unpaired) electrons. The second-order valence-electron chi connectivity index (χ2n) is 9.74. The third kappa shape index (κ3) is 4.22. The van der Waals surface area contributed by atoms with Gasteiger partial charge in [0.05, 0.1) is 33.8 Å². The predicted molar refractivity (Wildman–Crippen MR) is 149 cm³/mol. The first kappa shape index (κ1) is 24.6. The Morgan fingerprint density at radius 2 is 2.00 bits per heavy atom. The Labute approximate surface area is 226 Å². The van der Waals surface area contributed by atoms with Crippen LogP contribution in [0.25, 0.3) is 32.2 Å². The average molecular weight is 546 g/mol. The number of piperidine rings is 1. The summed E-state index contributed by atoms with van der Waals surface area (Å²) >= 11 is 8.08. The maximum atomic E-state index is 12.5. The normalized spacial score (nSPS) is 15.2. The second-order valence-corrected chi connectivity index (χ2v) is 11.3. The first-order chi connectivity index (χ1) is 18.4. The van der Waals surface area contributed by atoms with Crippen LogP contribution in [0.15, 0.2) is 58.5 Å². The lowest BCUT2D eigenvalue weighted by Crippen LogP contribution is -2.39. The van der Waals surface area contributed by atoms with Crippen LogP contribution in [0.5, 0.6) is 0 Å². The minimum Gasteiger partial charge on any atom is -0.345 e. The number of nitriles is 1. The topological polar surface area (TPSA) is 111 Å². The molecule has 9 nitrogen and oxygen atoms in total. The molecule has 1 aliphatic rings. The average Bonchev–Trinajstić information content (AvgIpc) is 3.52.